The molecule has 1 fully saturated rings. The molecule has 0 saturated heterocycles. The second-order valence-electron chi connectivity index (χ2n) is 11.0. The maximum Gasteiger partial charge on any atom is 0.264 e. The van der Waals surface area contributed by atoms with Gasteiger partial charge in [0.2, 0.25) is 11.8 Å². The first-order valence-electron chi connectivity index (χ1n) is 14.8. The van der Waals surface area contributed by atoms with Crippen LogP contribution in [0.4, 0.5) is 5.69 Å². The zero-order valence-corrected chi connectivity index (χ0v) is 26.8. The van der Waals surface area contributed by atoms with Crippen molar-refractivity contribution in [3.8, 4) is 0 Å². The van der Waals surface area contributed by atoms with Crippen LogP contribution in [0, 0.1) is 0 Å². The third-order valence-corrected chi connectivity index (χ3v) is 10.2. The molecule has 0 heterocycles. The lowest BCUT2D eigenvalue weighted by Crippen LogP contribution is -2.54. The summed E-state index contributed by atoms with van der Waals surface area (Å²) in [6.07, 6.45) is 4.21. The van der Waals surface area contributed by atoms with E-state index < -0.39 is 28.5 Å². The number of carbonyl (C=O) groups is 2. The molecule has 1 saturated carbocycles. The van der Waals surface area contributed by atoms with Crippen LogP contribution in [0.25, 0.3) is 0 Å². The number of halogens is 1. The van der Waals surface area contributed by atoms with Crippen molar-refractivity contribution in [2.75, 3.05) is 10.8 Å². The number of anilines is 1. The van der Waals surface area contributed by atoms with E-state index >= 15 is 0 Å². The quantitative estimate of drug-likeness (QED) is 0.190. The van der Waals surface area contributed by atoms with Gasteiger partial charge in [-0.05, 0) is 54.3 Å². The maximum atomic E-state index is 14.5. The number of benzene rings is 4. The summed E-state index contributed by atoms with van der Waals surface area (Å²) in [6, 6.07) is 33.2. The van der Waals surface area contributed by atoms with Crippen molar-refractivity contribution < 1.29 is 18.0 Å². The Morgan fingerprint density at radius 1 is 0.795 bits per heavy atom. The molecule has 1 aliphatic carbocycles. The van der Waals surface area contributed by atoms with Gasteiger partial charge in [0.1, 0.15) is 12.6 Å². The smallest absolute Gasteiger partial charge is 0.264 e. The first-order chi connectivity index (χ1) is 21.3. The molecular weight excluding hydrogens is 638 g/mol. The van der Waals surface area contributed by atoms with Crippen LogP contribution in [0.3, 0.4) is 0 Å². The molecule has 0 radical (unpaired) electrons. The summed E-state index contributed by atoms with van der Waals surface area (Å²) < 4.78 is 29.9. The molecule has 7 nitrogen and oxygen atoms in total. The van der Waals surface area contributed by atoms with Gasteiger partial charge in [0.15, 0.2) is 0 Å². The summed E-state index contributed by atoms with van der Waals surface area (Å²) >= 11 is 3.44. The number of nitrogens with zero attached hydrogens (tertiary/aromatic N) is 2. The minimum Gasteiger partial charge on any atom is -0.352 e. The summed E-state index contributed by atoms with van der Waals surface area (Å²) in [4.78, 5) is 30.1. The van der Waals surface area contributed by atoms with Crippen molar-refractivity contribution in [2.24, 2.45) is 0 Å². The Kier molecular flexibility index (Phi) is 10.5. The van der Waals surface area contributed by atoms with Gasteiger partial charge in [-0.2, -0.15) is 0 Å². The summed E-state index contributed by atoms with van der Waals surface area (Å²) in [5.74, 6) is -0.708. The van der Waals surface area contributed by atoms with Gasteiger partial charge in [-0.3, -0.25) is 13.9 Å². The Bertz CT molecular complexity index is 1650. The van der Waals surface area contributed by atoms with Gasteiger partial charge in [0, 0.05) is 23.5 Å². The molecule has 2 amide bonds. The average Bonchev–Trinajstić information content (AvgIpc) is 3.56. The van der Waals surface area contributed by atoms with Crippen molar-refractivity contribution in [3.63, 3.8) is 0 Å². The fourth-order valence-corrected chi connectivity index (χ4v) is 7.40. The van der Waals surface area contributed by atoms with Crippen LogP contribution in [0.15, 0.2) is 125 Å². The number of carbonyl (C=O) groups excluding carboxylic acids is 2. The monoisotopic (exact) mass is 673 g/mol. The molecule has 0 unspecified atom stereocenters. The van der Waals surface area contributed by atoms with E-state index in [9.17, 15) is 18.0 Å². The van der Waals surface area contributed by atoms with Crippen LogP contribution in [-0.2, 0) is 32.6 Å². The number of rotatable bonds is 12. The lowest BCUT2D eigenvalue weighted by Gasteiger charge is -2.34. The molecule has 1 N–H and O–H groups in total. The summed E-state index contributed by atoms with van der Waals surface area (Å²) in [5, 5.41) is 3.20. The molecule has 4 aromatic carbocycles. The Hall–Kier alpha value is -3.95. The highest BCUT2D eigenvalue weighted by molar-refractivity contribution is 9.10. The topological polar surface area (TPSA) is 86.8 Å². The third-order valence-electron chi connectivity index (χ3n) is 7.87. The fourth-order valence-electron chi connectivity index (χ4n) is 5.58. The van der Waals surface area contributed by atoms with Crippen molar-refractivity contribution >= 4 is 43.5 Å². The number of amides is 2. The highest BCUT2D eigenvalue weighted by Crippen LogP contribution is 2.27. The van der Waals surface area contributed by atoms with Crippen molar-refractivity contribution in [3.05, 3.63) is 131 Å². The van der Waals surface area contributed by atoms with E-state index in [2.05, 4.69) is 21.2 Å². The Balaban J connectivity index is 1.55. The molecule has 4 aromatic rings. The van der Waals surface area contributed by atoms with Crippen LogP contribution in [0.5, 0.6) is 0 Å². The van der Waals surface area contributed by atoms with E-state index in [1.54, 1.807) is 42.5 Å². The zero-order chi connectivity index (χ0) is 30.9. The average molecular weight is 675 g/mol. The molecule has 5 rings (SSSR count). The maximum absolute atomic E-state index is 14.5. The second-order valence-corrected chi connectivity index (χ2v) is 13.8. The molecule has 0 bridgehead atoms. The van der Waals surface area contributed by atoms with Crippen molar-refractivity contribution in [2.45, 2.75) is 55.6 Å². The molecule has 9 heteroatoms. The van der Waals surface area contributed by atoms with Crippen LogP contribution in [0.1, 0.15) is 36.8 Å². The largest absolute Gasteiger partial charge is 0.352 e. The predicted octanol–water partition coefficient (Wildman–Crippen LogP) is 6.34. The van der Waals surface area contributed by atoms with Gasteiger partial charge in [-0.1, -0.05) is 114 Å². The highest BCUT2D eigenvalue weighted by Gasteiger charge is 2.35. The summed E-state index contributed by atoms with van der Waals surface area (Å²) in [7, 11) is -4.13. The van der Waals surface area contributed by atoms with Gasteiger partial charge >= 0.3 is 0 Å². The van der Waals surface area contributed by atoms with Gasteiger partial charge in [0.05, 0.1) is 10.6 Å². The lowest BCUT2D eigenvalue weighted by molar-refractivity contribution is -0.140. The minimum absolute atomic E-state index is 0.0612. The molecule has 1 atom stereocenters. The molecule has 228 valence electrons. The van der Waals surface area contributed by atoms with E-state index in [1.807, 2.05) is 60.7 Å². The third kappa shape index (κ3) is 7.95. The van der Waals surface area contributed by atoms with Crippen LogP contribution in [0.2, 0.25) is 0 Å². The van der Waals surface area contributed by atoms with Gasteiger partial charge in [-0.25, -0.2) is 8.42 Å². The Morgan fingerprint density at radius 2 is 1.39 bits per heavy atom. The zero-order valence-electron chi connectivity index (χ0n) is 24.4. The number of hydrogen-bond acceptors (Lipinski definition) is 4. The fraction of sp³-hybridized carbons (Fsp3) is 0.257. The molecule has 1 aliphatic rings. The van der Waals surface area contributed by atoms with E-state index in [0.29, 0.717) is 16.6 Å². The minimum atomic E-state index is -4.13. The van der Waals surface area contributed by atoms with E-state index in [4.69, 9.17) is 0 Å². The Labute approximate surface area is 268 Å². The van der Waals surface area contributed by atoms with E-state index in [1.165, 1.54) is 17.0 Å². The number of hydrogen-bond donors (Lipinski definition) is 1. The highest BCUT2D eigenvalue weighted by atomic mass is 79.9. The first-order valence-corrected chi connectivity index (χ1v) is 17.1. The normalized spacial score (nSPS) is 14.1. The SMILES string of the molecule is O=C(NC1CCCC1)[C@H](Cc1ccccc1)N(Cc1ccccc1)C(=O)CN(c1cccc(Br)c1)S(=O)(=O)c1ccccc1. The Morgan fingerprint density at radius 3 is 2.00 bits per heavy atom. The molecule has 0 aromatic heterocycles. The van der Waals surface area contributed by atoms with Crippen molar-refractivity contribution in [1.29, 1.82) is 0 Å². The van der Waals surface area contributed by atoms with Gasteiger partial charge in [0.25, 0.3) is 10.0 Å². The standard InChI is InChI=1S/C35H36BrN3O4S/c36-29-17-12-20-31(24-29)39(44(42,43)32-21-8-3-9-22-32)26-34(40)38(25-28-15-6-2-7-16-28)33(23-27-13-4-1-5-14-27)35(41)37-30-18-10-11-19-30/h1-9,12-17,20-22,24,30,33H,10-11,18-19,23,25-26H2,(H,37,41)/t33-/m0/s1. The van der Waals surface area contributed by atoms with E-state index in [0.717, 1.165) is 41.1 Å². The first kappa shape index (κ1) is 31.5. The number of nitrogens with one attached hydrogen (secondary N) is 1. The van der Waals surface area contributed by atoms with Crippen LogP contribution in [-0.4, -0.2) is 43.8 Å². The van der Waals surface area contributed by atoms with Crippen LogP contribution >= 0.6 is 15.9 Å². The molecule has 44 heavy (non-hydrogen) atoms. The summed E-state index contributed by atoms with van der Waals surface area (Å²) in [5.41, 5.74) is 2.09. The molecular formula is C35H36BrN3O4S. The number of sulfonamides is 1. The molecule has 0 spiro atoms. The second kappa shape index (κ2) is 14.7. The van der Waals surface area contributed by atoms with Gasteiger partial charge < -0.3 is 10.2 Å². The summed E-state index contributed by atoms with van der Waals surface area (Å²) in [6.45, 7) is -0.338. The predicted molar refractivity (Wildman–Crippen MR) is 176 cm³/mol. The lowest BCUT2D eigenvalue weighted by atomic mass is 10.0. The van der Waals surface area contributed by atoms with Gasteiger partial charge in [-0.15, -0.1) is 0 Å². The van der Waals surface area contributed by atoms with E-state index in [-0.39, 0.29) is 23.4 Å². The van der Waals surface area contributed by atoms with Crippen LogP contribution < -0.4 is 9.62 Å². The molecule has 0 aliphatic heterocycles. The van der Waals surface area contributed by atoms with Crippen molar-refractivity contribution in [1.82, 2.24) is 10.2 Å².